The number of rotatable bonds is 9. The Morgan fingerprint density at radius 1 is 1.09 bits per heavy atom. The van der Waals surface area contributed by atoms with Crippen LogP contribution in [0.5, 0.6) is 5.75 Å². The molecule has 0 spiro atoms. The van der Waals surface area contributed by atoms with Crippen LogP contribution in [-0.4, -0.2) is 42.9 Å². The molecule has 1 amide bonds. The average molecular weight is 493 g/mol. The van der Waals surface area contributed by atoms with Crippen molar-refractivity contribution in [3.63, 3.8) is 0 Å². The lowest BCUT2D eigenvalue weighted by molar-refractivity contribution is -0.115. The van der Waals surface area contributed by atoms with E-state index in [-0.39, 0.29) is 17.9 Å². The van der Waals surface area contributed by atoms with Gasteiger partial charge in [-0.1, -0.05) is 42.1 Å². The van der Waals surface area contributed by atoms with Gasteiger partial charge in [0, 0.05) is 25.8 Å². The van der Waals surface area contributed by atoms with E-state index >= 15 is 0 Å². The SMILES string of the molecule is CCn1c(SCCC(=O)Nc2c(C)n(C)n(-c3ccccc3)c2=O)nnc1-c1ccccc1OC. The number of ether oxygens (including phenoxy) is 1. The molecule has 9 nitrogen and oxygen atoms in total. The highest BCUT2D eigenvalue weighted by atomic mass is 32.2. The smallest absolute Gasteiger partial charge is 0.295 e. The molecule has 0 aliphatic heterocycles. The lowest BCUT2D eigenvalue weighted by Gasteiger charge is -2.10. The lowest BCUT2D eigenvalue weighted by Crippen LogP contribution is -2.23. The highest BCUT2D eigenvalue weighted by molar-refractivity contribution is 7.99. The molecule has 0 radical (unpaired) electrons. The minimum Gasteiger partial charge on any atom is -0.496 e. The molecule has 182 valence electrons. The number of benzene rings is 2. The first kappa shape index (κ1) is 24.3. The Labute approximate surface area is 207 Å². The van der Waals surface area contributed by atoms with Gasteiger partial charge in [-0.2, -0.15) is 0 Å². The first-order chi connectivity index (χ1) is 17.0. The summed E-state index contributed by atoms with van der Waals surface area (Å²) in [6.45, 7) is 4.51. The summed E-state index contributed by atoms with van der Waals surface area (Å²) in [5.74, 6) is 1.72. The molecule has 2 heterocycles. The molecule has 0 unspecified atom stereocenters. The van der Waals surface area contributed by atoms with Gasteiger partial charge in [0.15, 0.2) is 11.0 Å². The summed E-state index contributed by atoms with van der Waals surface area (Å²) < 4.78 is 10.8. The van der Waals surface area contributed by atoms with Crippen LogP contribution in [0.1, 0.15) is 19.0 Å². The van der Waals surface area contributed by atoms with E-state index in [9.17, 15) is 9.59 Å². The van der Waals surface area contributed by atoms with Crippen LogP contribution in [0.2, 0.25) is 0 Å². The third-order valence-corrected chi connectivity index (χ3v) is 6.73. The highest BCUT2D eigenvalue weighted by Crippen LogP contribution is 2.31. The standard InChI is InChI=1S/C25H28N6O3S/c1-5-30-23(19-13-9-10-14-20(19)34-4)27-28-25(30)35-16-15-21(32)26-22-17(2)29(3)31(24(22)33)18-11-7-6-8-12-18/h6-14H,5,15-16H2,1-4H3,(H,26,32). The molecule has 4 rings (SSSR count). The van der Waals surface area contributed by atoms with E-state index in [1.807, 2.05) is 73.0 Å². The Hall–Kier alpha value is -3.79. The number of nitrogens with zero attached hydrogens (tertiary/aromatic N) is 5. The maximum Gasteiger partial charge on any atom is 0.295 e. The quantitative estimate of drug-likeness (QED) is 0.356. The minimum absolute atomic E-state index is 0.226. The topological polar surface area (TPSA) is 96.0 Å². The lowest BCUT2D eigenvalue weighted by atomic mass is 10.2. The molecule has 0 aliphatic carbocycles. The third kappa shape index (κ3) is 4.88. The number of methoxy groups -OCH3 is 1. The fourth-order valence-electron chi connectivity index (χ4n) is 3.86. The maximum atomic E-state index is 13.0. The van der Waals surface area contributed by atoms with Gasteiger partial charge >= 0.3 is 0 Å². The number of hydrogen-bond donors (Lipinski definition) is 1. The van der Waals surface area contributed by atoms with Crippen molar-refractivity contribution in [1.29, 1.82) is 0 Å². The van der Waals surface area contributed by atoms with E-state index < -0.39 is 0 Å². The average Bonchev–Trinajstić information content (AvgIpc) is 3.38. The number of para-hydroxylation sites is 2. The van der Waals surface area contributed by atoms with Crippen LogP contribution in [0, 0.1) is 6.92 Å². The normalized spacial score (nSPS) is 11.0. The first-order valence-corrected chi connectivity index (χ1v) is 12.3. The largest absolute Gasteiger partial charge is 0.496 e. The minimum atomic E-state index is -0.260. The van der Waals surface area contributed by atoms with Gasteiger partial charge < -0.3 is 14.6 Å². The van der Waals surface area contributed by atoms with Crippen molar-refractivity contribution in [2.45, 2.75) is 32.0 Å². The predicted molar refractivity (Wildman–Crippen MR) is 137 cm³/mol. The summed E-state index contributed by atoms with van der Waals surface area (Å²) in [4.78, 5) is 25.7. The first-order valence-electron chi connectivity index (χ1n) is 11.3. The van der Waals surface area contributed by atoms with Gasteiger partial charge in [-0.05, 0) is 38.1 Å². The van der Waals surface area contributed by atoms with Gasteiger partial charge in [0.05, 0.1) is 24.1 Å². The van der Waals surface area contributed by atoms with E-state index in [1.165, 1.54) is 11.8 Å². The van der Waals surface area contributed by atoms with E-state index in [0.29, 0.717) is 23.7 Å². The van der Waals surface area contributed by atoms with Crippen LogP contribution in [0.15, 0.2) is 64.5 Å². The summed E-state index contributed by atoms with van der Waals surface area (Å²) in [5, 5.41) is 12.2. The van der Waals surface area contributed by atoms with Crippen LogP contribution in [0.25, 0.3) is 17.1 Å². The van der Waals surface area contributed by atoms with Crippen molar-refractivity contribution in [2.24, 2.45) is 7.05 Å². The van der Waals surface area contributed by atoms with Crippen molar-refractivity contribution in [3.8, 4) is 22.8 Å². The summed E-state index contributed by atoms with van der Waals surface area (Å²) in [6, 6.07) is 17.0. The summed E-state index contributed by atoms with van der Waals surface area (Å²) in [6.07, 6.45) is 0.227. The third-order valence-electron chi connectivity index (χ3n) is 5.76. The monoisotopic (exact) mass is 492 g/mol. The van der Waals surface area contributed by atoms with Crippen LogP contribution < -0.4 is 15.6 Å². The number of anilines is 1. The zero-order valence-corrected chi connectivity index (χ0v) is 21.0. The number of thioether (sulfide) groups is 1. The molecular weight excluding hydrogens is 464 g/mol. The zero-order chi connectivity index (χ0) is 24.9. The van der Waals surface area contributed by atoms with Crippen molar-refractivity contribution < 1.29 is 9.53 Å². The highest BCUT2D eigenvalue weighted by Gasteiger charge is 2.19. The van der Waals surface area contributed by atoms with E-state index in [1.54, 1.807) is 23.5 Å². The second-order valence-corrected chi connectivity index (χ2v) is 8.90. The molecule has 35 heavy (non-hydrogen) atoms. The molecule has 2 aromatic heterocycles. The number of carbonyl (C=O) groups excluding carboxylic acids is 1. The molecule has 0 fully saturated rings. The number of carbonyl (C=O) groups is 1. The molecule has 0 saturated heterocycles. The second-order valence-electron chi connectivity index (χ2n) is 7.83. The van der Waals surface area contributed by atoms with Crippen molar-refractivity contribution in [3.05, 3.63) is 70.6 Å². The summed E-state index contributed by atoms with van der Waals surface area (Å²) in [5.41, 5.74) is 2.32. The molecule has 0 atom stereocenters. The van der Waals surface area contributed by atoms with Gasteiger partial charge in [-0.15, -0.1) is 10.2 Å². The Morgan fingerprint density at radius 3 is 2.51 bits per heavy atom. The fraction of sp³-hybridized carbons (Fsp3) is 0.280. The van der Waals surface area contributed by atoms with Crippen molar-refractivity contribution >= 4 is 23.4 Å². The molecule has 0 saturated carbocycles. The molecule has 4 aromatic rings. The van der Waals surface area contributed by atoms with E-state index in [2.05, 4.69) is 15.5 Å². The number of amides is 1. The summed E-state index contributed by atoms with van der Waals surface area (Å²) >= 11 is 1.45. The van der Waals surface area contributed by atoms with E-state index in [4.69, 9.17) is 4.74 Å². The Bertz CT molecular complexity index is 1390. The zero-order valence-electron chi connectivity index (χ0n) is 20.2. The maximum absolute atomic E-state index is 13.0. The fourth-order valence-corrected chi connectivity index (χ4v) is 4.80. The molecule has 1 N–H and O–H groups in total. The van der Waals surface area contributed by atoms with Gasteiger partial charge in [0.1, 0.15) is 11.4 Å². The Balaban J connectivity index is 1.44. The molecule has 0 bridgehead atoms. The predicted octanol–water partition coefficient (Wildman–Crippen LogP) is 3.89. The molecule has 2 aromatic carbocycles. The van der Waals surface area contributed by atoms with E-state index in [0.717, 1.165) is 28.0 Å². The number of aromatic nitrogens is 5. The van der Waals surface area contributed by atoms with Crippen LogP contribution >= 0.6 is 11.8 Å². The van der Waals surface area contributed by atoms with Gasteiger partial charge in [-0.25, -0.2) is 4.68 Å². The number of nitrogens with one attached hydrogen (secondary N) is 1. The molecule has 10 heteroatoms. The van der Waals surface area contributed by atoms with Crippen LogP contribution in [0.3, 0.4) is 0 Å². The van der Waals surface area contributed by atoms with Crippen molar-refractivity contribution in [1.82, 2.24) is 24.1 Å². The Kier molecular flexibility index (Phi) is 7.40. The Morgan fingerprint density at radius 2 is 1.80 bits per heavy atom. The van der Waals surface area contributed by atoms with Gasteiger partial charge in [0.25, 0.3) is 5.56 Å². The summed E-state index contributed by atoms with van der Waals surface area (Å²) in [7, 11) is 3.43. The van der Waals surface area contributed by atoms with Crippen LogP contribution in [-0.2, 0) is 18.4 Å². The number of hydrogen-bond acceptors (Lipinski definition) is 6. The van der Waals surface area contributed by atoms with Crippen LogP contribution in [0.4, 0.5) is 5.69 Å². The van der Waals surface area contributed by atoms with Gasteiger partial charge in [-0.3, -0.25) is 14.3 Å². The molecular formula is C25H28N6O3S. The van der Waals surface area contributed by atoms with Crippen molar-refractivity contribution in [2.75, 3.05) is 18.2 Å². The second kappa shape index (κ2) is 10.6. The molecule has 0 aliphatic rings. The van der Waals surface area contributed by atoms with Gasteiger partial charge in [0.2, 0.25) is 5.91 Å².